The zero-order valence-corrected chi connectivity index (χ0v) is 19.8. The van der Waals surface area contributed by atoms with Crippen LogP contribution in [0.15, 0.2) is 55.0 Å². The highest BCUT2D eigenvalue weighted by Crippen LogP contribution is 2.35. The first kappa shape index (κ1) is 23.8. The molecule has 2 atom stereocenters. The summed E-state index contributed by atoms with van der Waals surface area (Å²) in [5, 5.41) is 9.36. The second-order valence-electron chi connectivity index (χ2n) is 9.18. The molecule has 1 aliphatic rings. The van der Waals surface area contributed by atoms with Crippen LogP contribution in [-0.4, -0.2) is 37.0 Å². The first-order valence-corrected chi connectivity index (χ1v) is 11.9. The highest BCUT2D eigenvalue weighted by atomic mass is 19.3. The Balaban J connectivity index is 1.42. The minimum Gasteiger partial charge on any atom is -0.481 e. The molecule has 186 valence electrons. The Labute approximate surface area is 206 Å². The van der Waals surface area contributed by atoms with Gasteiger partial charge in [-0.15, -0.1) is 0 Å². The molecule has 4 aromatic rings. The molecule has 5 rings (SSSR count). The van der Waals surface area contributed by atoms with Gasteiger partial charge in [-0.2, -0.15) is 8.78 Å². The van der Waals surface area contributed by atoms with Gasteiger partial charge in [-0.25, -0.2) is 15.0 Å². The predicted octanol–water partition coefficient (Wildman–Crippen LogP) is 5.65. The lowest BCUT2D eigenvalue weighted by atomic mass is 9.81. The van der Waals surface area contributed by atoms with Crippen LogP contribution in [0.3, 0.4) is 0 Å². The summed E-state index contributed by atoms with van der Waals surface area (Å²) in [4.78, 5) is 25.2. The summed E-state index contributed by atoms with van der Waals surface area (Å²) < 4.78 is 32.4. The van der Waals surface area contributed by atoms with E-state index in [9.17, 15) is 18.7 Å². The van der Waals surface area contributed by atoms with Gasteiger partial charge in [0, 0.05) is 53.3 Å². The number of aromatic nitrogens is 4. The van der Waals surface area contributed by atoms with E-state index in [1.54, 1.807) is 30.6 Å². The Morgan fingerprint density at radius 3 is 2.67 bits per heavy atom. The number of pyridine rings is 1. The number of hydrogen-bond acceptors (Lipinski definition) is 5. The summed E-state index contributed by atoms with van der Waals surface area (Å²) in [7, 11) is 0. The van der Waals surface area contributed by atoms with Crippen molar-refractivity contribution in [3.05, 3.63) is 77.8 Å². The van der Waals surface area contributed by atoms with Crippen molar-refractivity contribution in [2.24, 2.45) is 5.92 Å². The standard InChI is InChI=1S/C27H26F2N4O3/c1-16-22(12-17-5-2-3-8-23(17)36-27(28)29)33-15-20(9-10-24(33)32-16)21-13-30-25(31-14-21)18-6-4-7-19(11-18)26(34)35/h2-3,5,8-10,13-15,18-19,27H,4,6-7,11-12H2,1H3,(H,34,35). The first-order chi connectivity index (χ1) is 17.4. The van der Waals surface area contributed by atoms with E-state index in [4.69, 9.17) is 4.74 Å². The van der Waals surface area contributed by atoms with Crippen molar-refractivity contribution < 1.29 is 23.4 Å². The Bertz CT molecular complexity index is 1390. The number of alkyl halides is 2. The van der Waals surface area contributed by atoms with E-state index >= 15 is 0 Å². The molecule has 1 aliphatic carbocycles. The molecule has 1 N–H and O–H groups in total. The van der Waals surface area contributed by atoms with Gasteiger partial charge >= 0.3 is 12.6 Å². The van der Waals surface area contributed by atoms with Crippen LogP contribution in [0.2, 0.25) is 0 Å². The third-order valence-corrected chi connectivity index (χ3v) is 6.86. The topological polar surface area (TPSA) is 89.6 Å². The minimum absolute atomic E-state index is 0.0507. The fourth-order valence-corrected chi connectivity index (χ4v) is 4.98. The smallest absolute Gasteiger partial charge is 0.387 e. The maximum absolute atomic E-state index is 12.9. The van der Waals surface area contributed by atoms with Gasteiger partial charge in [-0.05, 0) is 44.4 Å². The highest BCUT2D eigenvalue weighted by Gasteiger charge is 2.29. The summed E-state index contributed by atoms with van der Waals surface area (Å²) in [6, 6.07) is 10.6. The third-order valence-electron chi connectivity index (χ3n) is 6.86. The number of carboxylic acid groups (broad SMARTS) is 1. The van der Waals surface area contributed by atoms with Crippen molar-refractivity contribution in [3.63, 3.8) is 0 Å². The Hall–Kier alpha value is -3.88. The van der Waals surface area contributed by atoms with Gasteiger partial charge in [0.1, 0.15) is 17.2 Å². The zero-order chi connectivity index (χ0) is 25.2. The van der Waals surface area contributed by atoms with E-state index in [-0.39, 0.29) is 17.6 Å². The van der Waals surface area contributed by atoms with Crippen molar-refractivity contribution in [2.75, 3.05) is 0 Å². The Morgan fingerprint density at radius 2 is 1.92 bits per heavy atom. The van der Waals surface area contributed by atoms with Crippen LogP contribution in [0.1, 0.15) is 54.4 Å². The lowest BCUT2D eigenvalue weighted by Gasteiger charge is -2.25. The van der Waals surface area contributed by atoms with Gasteiger partial charge in [0.05, 0.1) is 11.6 Å². The maximum atomic E-state index is 12.9. The number of ether oxygens (including phenoxy) is 1. The average molecular weight is 493 g/mol. The number of rotatable bonds is 7. The van der Waals surface area contributed by atoms with E-state index in [0.717, 1.165) is 41.0 Å². The summed E-state index contributed by atoms with van der Waals surface area (Å²) in [5.74, 6) is -0.210. The van der Waals surface area contributed by atoms with Crippen molar-refractivity contribution in [1.29, 1.82) is 0 Å². The summed E-state index contributed by atoms with van der Waals surface area (Å²) in [5.41, 5.74) is 4.78. The number of fused-ring (bicyclic) bond motifs is 1. The lowest BCUT2D eigenvalue weighted by molar-refractivity contribution is -0.143. The first-order valence-electron chi connectivity index (χ1n) is 11.9. The van der Waals surface area contributed by atoms with E-state index in [1.807, 2.05) is 29.7 Å². The van der Waals surface area contributed by atoms with Gasteiger partial charge < -0.3 is 14.2 Å². The molecule has 0 spiro atoms. The van der Waals surface area contributed by atoms with Gasteiger partial charge in [-0.3, -0.25) is 4.79 Å². The SMILES string of the molecule is Cc1nc2ccc(-c3cnc(C4CCCC(C(=O)O)C4)nc3)cn2c1Cc1ccccc1OC(F)F. The Morgan fingerprint density at radius 1 is 1.14 bits per heavy atom. The lowest BCUT2D eigenvalue weighted by Crippen LogP contribution is -2.22. The second-order valence-corrected chi connectivity index (χ2v) is 9.18. The largest absolute Gasteiger partial charge is 0.481 e. The van der Waals surface area contributed by atoms with Crippen LogP contribution in [0.4, 0.5) is 8.78 Å². The zero-order valence-electron chi connectivity index (χ0n) is 19.8. The predicted molar refractivity (Wildman–Crippen MR) is 129 cm³/mol. The van der Waals surface area contributed by atoms with Crippen LogP contribution in [0, 0.1) is 12.8 Å². The Kier molecular flexibility index (Phi) is 6.63. The maximum Gasteiger partial charge on any atom is 0.387 e. The number of carbonyl (C=O) groups is 1. The molecule has 1 saturated carbocycles. The molecule has 0 radical (unpaired) electrons. The second kappa shape index (κ2) is 10.0. The molecule has 0 bridgehead atoms. The van der Waals surface area contributed by atoms with Crippen LogP contribution in [0.5, 0.6) is 5.75 Å². The number of carboxylic acids is 1. The van der Waals surface area contributed by atoms with E-state index in [0.29, 0.717) is 30.7 Å². The monoisotopic (exact) mass is 492 g/mol. The van der Waals surface area contributed by atoms with Gasteiger partial charge in [0.25, 0.3) is 0 Å². The summed E-state index contributed by atoms with van der Waals surface area (Å²) in [6.07, 6.45) is 8.87. The minimum atomic E-state index is -2.90. The van der Waals surface area contributed by atoms with E-state index < -0.39 is 12.6 Å². The number of benzene rings is 1. The van der Waals surface area contributed by atoms with Crippen LogP contribution < -0.4 is 4.74 Å². The number of aliphatic carboxylic acids is 1. The molecule has 1 aromatic carbocycles. The van der Waals surface area contributed by atoms with E-state index in [1.165, 1.54) is 6.07 Å². The van der Waals surface area contributed by atoms with Crippen LogP contribution in [-0.2, 0) is 11.2 Å². The number of para-hydroxylation sites is 1. The van der Waals surface area contributed by atoms with Crippen molar-refractivity contribution >= 4 is 11.6 Å². The number of hydrogen-bond donors (Lipinski definition) is 1. The van der Waals surface area contributed by atoms with Gasteiger partial charge in [0.15, 0.2) is 0 Å². The summed E-state index contributed by atoms with van der Waals surface area (Å²) in [6.45, 7) is -1.00. The number of halogens is 2. The summed E-state index contributed by atoms with van der Waals surface area (Å²) >= 11 is 0. The number of aryl methyl sites for hydroxylation is 1. The molecular weight excluding hydrogens is 466 g/mol. The van der Waals surface area contributed by atoms with Crippen molar-refractivity contribution in [2.45, 2.75) is 51.6 Å². The highest BCUT2D eigenvalue weighted by molar-refractivity contribution is 5.70. The fourth-order valence-electron chi connectivity index (χ4n) is 4.98. The van der Waals surface area contributed by atoms with Crippen molar-refractivity contribution in [3.8, 4) is 16.9 Å². The number of nitrogens with zero attached hydrogens (tertiary/aromatic N) is 4. The third kappa shape index (κ3) is 4.91. The average Bonchev–Trinajstić information content (AvgIpc) is 3.19. The molecule has 3 aromatic heterocycles. The van der Waals surface area contributed by atoms with Gasteiger partial charge in [-0.1, -0.05) is 24.6 Å². The molecule has 0 saturated heterocycles. The molecule has 3 heterocycles. The molecule has 0 amide bonds. The molecular formula is C27H26F2N4O3. The molecule has 0 aliphatic heterocycles. The quantitative estimate of drug-likeness (QED) is 0.359. The van der Waals surface area contributed by atoms with Gasteiger partial charge in [0.2, 0.25) is 0 Å². The fraction of sp³-hybridized carbons (Fsp3) is 0.333. The molecule has 7 nitrogen and oxygen atoms in total. The number of imidazole rings is 1. The normalized spacial score (nSPS) is 18.0. The molecule has 2 unspecified atom stereocenters. The van der Waals surface area contributed by atoms with Crippen LogP contribution in [0.25, 0.3) is 16.8 Å². The molecule has 9 heteroatoms. The van der Waals surface area contributed by atoms with E-state index in [2.05, 4.69) is 15.0 Å². The van der Waals surface area contributed by atoms with Crippen LogP contribution >= 0.6 is 0 Å². The molecule has 36 heavy (non-hydrogen) atoms. The molecule has 1 fully saturated rings. The van der Waals surface area contributed by atoms with Crippen molar-refractivity contribution in [1.82, 2.24) is 19.4 Å².